The standard InChI is InChI=1S/C11H13N3O3/c1-13(4-5-15)8-2-3-10-12-9(11(16)17)7-14(10)6-8/h2-3,6-7,15H,4-5H2,1H3,(H,16,17). The fourth-order valence-electron chi connectivity index (χ4n) is 1.59. The first kappa shape index (κ1) is 11.4. The van der Waals surface area contributed by atoms with Gasteiger partial charge < -0.3 is 19.5 Å². The second kappa shape index (κ2) is 4.42. The summed E-state index contributed by atoms with van der Waals surface area (Å²) in [4.78, 5) is 16.6. The van der Waals surface area contributed by atoms with Crippen LogP contribution in [0.4, 0.5) is 5.69 Å². The second-order valence-electron chi connectivity index (χ2n) is 3.73. The summed E-state index contributed by atoms with van der Waals surface area (Å²) < 4.78 is 1.66. The van der Waals surface area contributed by atoms with Gasteiger partial charge in [0, 0.05) is 26.0 Å². The average Bonchev–Trinajstić information content (AvgIpc) is 2.71. The molecule has 0 radical (unpaired) electrons. The van der Waals surface area contributed by atoms with E-state index in [9.17, 15) is 4.79 Å². The van der Waals surface area contributed by atoms with Crippen molar-refractivity contribution in [2.45, 2.75) is 0 Å². The topological polar surface area (TPSA) is 78.1 Å². The molecule has 6 heteroatoms. The van der Waals surface area contributed by atoms with Gasteiger partial charge in [0.1, 0.15) is 5.65 Å². The molecule has 0 bridgehead atoms. The molecule has 2 heterocycles. The lowest BCUT2D eigenvalue weighted by molar-refractivity contribution is 0.0691. The van der Waals surface area contributed by atoms with Crippen LogP contribution >= 0.6 is 0 Å². The van der Waals surface area contributed by atoms with Gasteiger partial charge in [-0.3, -0.25) is 0 Å². The van der Waals surface area contributed by atoms with Crippen LogP contribution in [0.25, 0.3) is 5.65 Å². The van der Waals surface area contributed by atoms with E-state index in [1.807, 2.05) is 18.0 Å². The Kier molecular flexibility index (Phi) is 2.97. The van der Waals surface area contributed by atoms with Crippen molar-refractivity contribution in [3.8, 4) is 0 Å². The maximum Gasteiger partial charge on any atom is 0.356 e. The normalized spacial score (nSPS) is 10.7. The number of anilines is 1. The molecule has 2 aromatic heterocycles. The van der Waals surface area contributed by atoms with Gasteiger partial charge in [-0.25, -0.2) is 9.78 Å². The Morgan fingerprint density at radius 1 is 1.47 bits per heavy atom. The van der Waals surface area contributed by atoms with E-state index in [4.69, 9.17) is 10.2 Å². The number of rotatable bonds is 4. The Bertz CT molecular complexity index is 550. The number of nitrogens with zero attached hydrogens (tertiary/aromatic N) is 3. The number of aliphatic hydroxyl groups excluding tert-OH is 1. The quantitative estimate of drug-likeness (QED) is 0.805. The van der Waals surface area contributed by atoms with Gasteiger partial charge in [-0.2, -0.15) is 0 Å². The molecule has 0 aliphatic rings. The van der Waals surface area contributed by atoms with Gasteiger partial charge in [-0.15, -0.1) is 0 Å². The van der Waals surface area contributed by atoms with Crippen LogP contribution in [0.15, 0.2) is 24.5 Å². The fourth-order valence-corrected chi connectivity index (χ4v) is 1.59. The molecule has 0 saturated heterocycles. The first-order chi connectivity index (χ1) is 8.11. The predicted molar refractivity (Wildman–Crippen MR) is 62.5 cm³/mol. The largest absolute Gasteiger partial charge is 0.476 e. The number of carboxylic acid groups (broad SMARTS) is 1. The molecule has 0 spiro atoms. The van der Waals surface area contributed by atoms with Crippen LogP contribution in [0.2, 0.25) is 0 Å². The van der Waals surface area contributed by atoms with E-state index in [1.165, 1.54) is 6.20 Å². The number of hydrogen-bond donors (Lipinski definition) is 2. The highest BCUT2D eigenvalue weighted by molar-refractivity contribution is 5.86. The van der Waals surface area contributed by atoms with Crippen molar-refractivity contribution in [3.05, 3.63) is 30.2 Å². The molecule has 17 heavy (non-hydrogen) atoms. The third-order valence-electron chi connectivity index (χ3n) is 2.53. The number of hydrogen-bond acceptors (Lipinski definition) is 4. The van der Waals surface area contributed by atoms with Gasteiger partial charge in [0.2, 0.25) is 0 Å². The highest BCUT2D eigenvalue weighted by atomic mass is 16.4. The Hall–Kier alpha value is -2.08. The molecular weight excluding hydrogens is 222 g/mol. The van der Waals surface area contributed by atoms with E-state index in [1.54, 1.807) is 16.7 Å². The van der Waals surface area contributed by atoms with Crippen molar-refractivity contribution in [1.29, 1.82) is 0 Å². The number of likely N-dealkylation sites (N-methyl/N-ethyl adjacent to an activating group) is 1. The molecule has 0 aromatic carbocycles. The van der Waals surface area contributed by atoms with Crippen LogP contribution in [-0.4, -0.2) is 45.8 Å². The number of aromatic carboxylic acids is 1. The molecule has 90 valence electrons. The Balaban J connectivity index is 2.39. The minimum absolute atomic E-state index is 0.0203. The summed E-state index contributed by atoms with van der Waals surface area (Å²) in [5.41, 5.74) is 1.50. The number of carbonyl (C=O) groups is 1. The van der Waals surface area contributed by atoms with Crippen LogP contribution < -0.4 is 4.90 Å². The number of imidazole rings is 1. The molecule has 0 aliphatic carbocycles. The smallest absolute Gasteiger partial charge is 0.356 e. The molecule has 0 unspecified atom stereocenters. The lowest BCUT2D eigenvalue weighted by Crippen LogP contribution is -2.21. The van der Waals surface area contributed by atoms with E-state index in [-0.39, 0.29) is 12.3 Å². The van der Waals surface area contributed by atoms with E-state index in [0.29, 0.717) is 12.2 Å². The summed E-state index contributed by atoms with van der Waals surface area (Å²) in [6.45, 7) is 0.588. The highest BCUT2D eigenvalue weighted by Crippen LogP contribution is 2.14. The minimum atomic E-state index is -1.04. The Morgan fingerprint density at radius 3 is 2.88 bits per heavy atom. The third kappa shape index (κ3) is 2.21. The number of aliphatic hydroxyl groups is 1. The molecule has 2 rings (SSSR count). The van der Waals surface area contributed by atoms with Crippen LogP contribution in [0, 0.1) is 0 Å². The summed E-state index contributed by atoms with van der Waals surface area (Å²) in [5.74, 6) is -1.04. The number of pyridine rings is 1. The summed E-state index contributed by atoms with van der Waals surface area (Å²) >= 11 is 0. The first-order valence-corrected chi connectivity index (χ1v) is 5.16. The van der Waals surface area contributed by atoms with Crippen molar-refractivity contribution in [3.63, 3.8) is 0 Å². The van der Waals surface area contributed by atoms with Crippen molar-refractivity contribution >= 4 is 17.3 Å². The molecular formula is C11H13N3O3. The van der Waals surface area contributed by atoms with E-state index in [2.05, 4.69) is 4.98 Å². The number of fused-ring (bicyclic) bond motifs is 1. The van der Waals surface area contributed by atoms with Crippen LogP contribution in [0.1, 0.15) is 10.5 Å². The zero-order chi connectivity index (χ0) is 12.4. The zero-order valence-corrected chi connectivity index (χ0v) is 9.37. The first-order valence-electron chi connectivity index (χ1n) is 5.16. The van der Waals surface area contributed by atoms with Crippen molar-refractivity contribution in [2.24, 2.45) is 0 Å². The summed E-state index contributed by atoms with van der Waals surface area (Å²) in [5, 5.41) is 17.7. The minimum Gasteiger partial charge on any atom is -0.476 e. The van der Waals surface area contributed by atoms with Gasteiger partial charge in [0.05, 0.1) is 12.3 Å². The summed E-state index contributed by atoms with van der Waals surface area (Å²) in [6, 6.07) is 3.58. The lowest BCUT2D eigenvalue weighted by Gasteiger charge is -2.17. The van der Waals surface area contributed by atoms with Gasteiger partial charge in [-0.1, -0.05) is 0 Å². The maximum absolute atomic E-state index is 10.8. The number of aromatic nitrogens is 2. The summed E-state index contributed by atoms with van der Waals surface area (Å²) in [6.07, 6.45) is 3.25. The van der Waals surface area contributed by atoms with Crippen LogP contribution in [0.5, 0.6) is 0 Å². The van der Waals surface area contributed by atoms with Crippen LogP contribution in [0.3, 0.4) is 0 Å². The molecule has 0 fully saturated rings. The molecule has 0 aliphatic heterocycles. The van der Waals surface area contributed by atoms with Gasteiger partial charge in [0.25, 0.3) is 0 Å². The second-order valence-corrected chi connectivity index (χ2v) is 3.73. The van der Waals surface area contributed by atoms with Gasteiger partial charge in [-0.05, 0) is 12.1 Å². The molecule has 0 saturated carbocycles. The Labute approximate surface area is 97.7 Å². The predicted octanol–water partition coefficient (Wildman–Crippen LogP) is 0.461. The van der Waals surface area contributed by atoms with Crippen molar-refractivity contribution in [1.82, 2.24) is 9.38 Å². The van der Waals surface area contributed by atoms with E-state index < -0.39 is 5.97 Å². The average molecular weight is 235 g/mol. The zero-order valence-electron chi connectivity index (χ0n) is 9.37. The maximum atomic E-state index is 10.8. The van der Waals surface area contributed by atoms with Crippen molar-refractivity contribution in [2.75, 3.05) is 25.1 Å². The summed E-state index contributed by atoms with van der Waals surface area (Å²) in [7, 11) is 1.85. The van der Waals surface area contributed by atoms with E-state index >= 15 is 0 Å². The van der Waals surface area contributed by atoms with Gasteiger partial charge in [0.15, 0.2) is 5.69 Å². The molecule has 6 nitrogen and oxygen atoms in total. The lowest BCUT2D eigenvalue weighted by atomic mass is 10.3. The SMILES string of the molecule is CN(CCO)c1ccc2nc(C(=O)O)cn2c1. The molecule has 0 atom stereocenters. The highest BCUT2D eigenvalue weighted by Gasteiger charge is 2.09. The van der Waals surface area contributed by atoms with Gasteiger partial charge >= 0.3 is 5.97 Å². The number of carboxylic acids is 1. The fraction of sp³-hybridized carbons (Fsp3) is 0.273. The van der Waals surface area contributed by atoms with E-state index in [0.717, 1.165) is 5.69 Å². The monoisotopic (exact) mass is 235 g/mol. The molecule has 2 N–H and O–H groups in total. The molecule has 0 amide bonds. The Morgan fingerprint density at radius 2 is 2.24 bits per heavy atom. The van der Waals surface area contributed by atoms with Crippen molar-refractivity contribution < 1.29 is 15.0 Å². The molecule has 2 aromatic rings. The van der Waals surface area contributed by atoms with Crippen LogP contribution in [-0.2, 0) is 0 Å². The third-order valence-corrected chi connectivity index (χ3v) is 2.53.